The van der Waals surface area contributed by atoms with Crippen molar-refractivity contribution < 1.29 is 9.72 Å². The summed E-state index contributed by atoms with van der Waals surface area (Å²) in [6, 6.07) is 17.8. The van der Waals surface area contributed by atoms with E-state index < -0.39 is 11.0 Å². The standard InChI is InChI=1S/C24H22N4O3/c1-24(2)13-19-22(20(29)14-24)23(16-8-10-17(11-9-16)28(30)31)27-21(25-19)12-18(26-27)15-6-4-3-5-7-15/h3-12,23,25H,13-14H2,1-2H3. The van der Waals surface area contributed by atoms with Gasteiger partial charge in [0.05, 0.1) is 10.6 Å². The van der Waals surface area contributed by atoms with Crippen LogP contribution in [0.15, 0.2) is 71.9 Å². The molecular formula is C24H22N4O3. The number of anilines is 1. The Kier molecular flexibility index (Phi) is 4.28. The van der Waals surface area contributed by atoms with Gasteiger partial charge in [0.2, 0.25) is 0 Å². The minimum absolute atomic E-state index is 0.0219. The van der Waals surface area contributed by atoms with Crippen LogP contribution in [0.3, 0.4) is 0 Å². The van der Waals surface area contributed by atoms with E-state index in [1.54, 1.807) is 12.1 Å². The second-order valence-corrected chi connectivity index (χ2v) is 8.93. The smallest absolute Gasteiger partial charge is 0.269 e. The average molecular weight is 414 g/mol. The van der Waals surface area contributed by atoms with Gasteiger partial charge < -0.3 is 5.32 Å². The molecule has 0 fully saturated rings. The summed E-state index contributed by atoms with van der Waals surface area (Å²) >= 11 is 0. The van der Waals surface area contributed by atoms with E-state index in [1.807, 2.05) is 41.1 Å². The Hall–Kier alpha value is -3.74. The highest BCUT2D eigenvalue weighted by Gasteiger charge is 2.41. The van der Waals surface area contributed by atoms with Crippen LogP contribution >= 0.6 is 0 Å². The van der Waals surface area contributed by atoms with Crippen LogP contribution in [-0.2, 0) is 4.79 Å². The first-order chi connectivity index (χ1) is 14.8. The molecule has 2 aliphatic rings. The van der Waals surface area contributed by atoms with Crippen molar-refractivity contribution in [2.24, 2.45) is 5.41 Å². The first-order valence-corrected chi connectivity index (χ1v) is 10.2. The number of ketones is 1. The van der Waals surface area contributed by atoms with Gasteiger partial charge in [0.25, 0.3) is 5.69 Å². The molecule has 0 saturated heterocycles. The molecule has 0 spiro atoms. The highest BCUT2D eigenvalue weighted by atomic mass is 16.6. The zero-order chi connectivity index (χ0) is 21.8. The number of carbonyl (C=O) groups is 1. The molecule has 1 aliphatic heterocycles. The molecule has 1 atom stereocenters. The molecule has 31 heavy (non-hydrogen) atoms. The van der Waals surface area contributed by atoms with Crippen LogP contribution in [0, 0.1) is 15.5 Å². The number of rotatable bonds is 3. The molecule has 156 valence electrons. The van der Waals surface area contributed by atoms with Crippen LogP contribution in [0.4, 0.5) is 11.5 Å². The van der Waals surface area contributed by atoms with Crippen LogP contribution in [0.5, 0.6) is 0 Å². The average Bonchev–Trinajstić information content (AvgIpc) is 3.16. The quantitative estimate of drug-likeness (QED) is 0.475. The van der Waals surface area contributed by atoms with Gasteiger partial charge in [0.1, 0.15) is 11.9 Å². The molecule has 0 saturated carbocycles. The van der Waals surface area contributed by atoms with Crippen LogP contribution in [0.25, 0.3) is 11.3 Å². The molecule has 3 aromatic rings. The molecule has 0 amide bonds. The Morgan fingerprint density at radius 2 is 1.81 bits per heavy atom. The van der Waals surface area contributed by atoms with Crippen LogP contribution in [-0.4, -0.2) is 20.5 Å². The van der Waals surface area contributed by atoms with Gasteiger partial charge in [-0.15, -0.1) is 0 Å². The van der Waals surface area contributed by atoms with Gasteiger partial charge in [-0.25, -0.2) is 4.68 Å². The minimum atomic E-state index is -0.423. The lowest BCUT2D eigenvalue weighted by Gasteiger charge is -2.38. The van der Waals surface area contributed by atoms with E-state index in [2.05, 4.69) is 19.2 Å². The van der Waals surface area contributed by atoms with Crippen LogP contribution < -0.4 is 5.32 Å². The number of benzene rings is 2. The predicted molar refractivity (Wildman–Crippen MR) is 118 cm³/mol. The molecular weight excluding hydrogens is 392 g/mol. The number of hydrogen-bond acceptors (Lipinski definition) is 5. The molecule has 7 nitrogen and oxygen atoms in total. The Bertz CT molecular complexity index is 1220. The summed E-state index contributed by atoms with van der Waals surface area (Å²) in [5.41, 5.74) is 4.10. The van der Waals surface area contributed by atoms with Crippen LogP contribution in [0.1, 0.15) is 38.3 Å². The van der Waals surface area contributed by atoms with Crippen LogP contribution in [0.2, 0.25) is 0 Å². The van der Waals surface area contributed by atoms with E-state index in [-0.39, 0.29) is 16.9 Å². The Labute approximate surface area is 179 Å². The van der Waals surface area contributed by atoms with E-state index in [9.17, 15) is 14.9 Å². The molecule has 7 heteroatoms. The first kappa shape index (κ1) is 19.2. The molecule has 2 aromatic carbocycles. The maximum atomic E-state index is 13.2. The van der Waals surface area contributed by atoms with Crippen molar-refractivity contribution in [2.45, 2.75) is 32.7 Å². The number of nitrogens with one attached hydrogen (secondary N) is 1. The van der Waals surface area contributed by atoms with E-state index in [0.29, 0.717) is 12.0 Å². The lowest BCUT2D eigenvalue weighted by Crippen LogP contribution is -2.36. The Morgan fingerprint density at radius 3 is 2.48 bits per heavy atom. The van der Waals surface area contributed by atoms with Gasteiger partial charge >= 0.3 is 0 Å². The fourth-order valence-corrected chi connectivity index (χ4v) is 4.56. The van der Waals surface area contributed by atoms with Crippen molar-refractivity contribution >= 4 is 17.3 Å². The zero-order valence-corrected chi connectivity index (χ0v) is 17.3. The number of non-ortho nitro benzene ring substituents is 1. The van der Waals surface area contributed by atoms with Crippen molar-refractivity contribution in [2.75, 3.05) is 5.32 Å². The number of nitrogens with zero attached hydrogens (tertiary/aromatic N) is 3. The monoisotopic (exact) mass is 414 g/mol. The highest BCUT2D eigenvalue weighted by Crippen LogP contribution is 2.46. The molecule has 1 unspecified atom stereocenters. The lowest BCUT2D eigenvalue weighted by atomic mass is 9.73. The SMILES string of the molecule is CC1(C)CC(=O)C2=C(C1)Nc1cc(-c3ccccc3)nn1C2c1ccc([N+](=O)[O-])cc1. The lowest BCUT2D eigenvalue weighted by molar-refractivity contribution is -0.384. The summed E-state index contributed by atoms with van der Waals surface area (Å²) in [6.07, 6.45) is 1.21. The zero-order valence-electron chi connectivity index (χ0n) is 17.3. The normalized spacial score (nSPS) is 19.4. The molecule has 0 radical (unpaired) electrons. The minimum Gasteiger partial charge on any atom is -0.343 e. The number of allylic oxidation sites excluding steroid dienone is 2. The summed E-state index contributed by atoms with van der Waals surface area (Å²) in [7, 11) is 0. The predicted octanol–water partition coefficient (Wildman–Crippen LogP) is 5.12. The summed E-state index contributed by atoms with van der Waals surface area (Å²) in [5, 5.41) is 19.4. The third-order valence-corrected chi connectivity index (χ3v) is 5.94. The van der Waals surface area contributed by atoms with Gasteiger partial charge in [0, 0.05) is 41.5 Å². The summed E-state index contributed by atoms with van der Waals surface area (Å²) in [6.45, 7) is 4.19. The Morgan fingerprint density at radius 1 is 1.10 bits per heavy atom. The molecule has 1 N–H and O–H groups in total. The van der Waals surface area contributed by atoms with E-state index in [1.165, 1.54) is 12.1 Å². The van der Waals surface area contributed by atoms with Crippen molar-refractivity contribution in [1.29, 1.82) is 0 Å². The van der Waals surface area contributed by atoms with E-state index >= 15 is 0 Å². The molecule has 0 bridgehead atoms. The number of hydrogen-bond donors (Lipinski definition) is 1. The third kappa shape index (κ3) is 3.32. The van der Waals surface area contributed by atoms with Gasteiger partial charge in [-0.05, 0) is 29.5 Å². The van der Waals surface area contributed by atoms with Gasteiger partial charge in [-0.2, -0.15) is 5.10 Å². The summed E-state index contributed by atoms with van der Waals surface area (Å²) in [4.78, 5) is 23.9. The van der Waals surface area contributed by atoms with Crippen molar-refractivity contribution in [1.82, 2.24) is 9.78 Å². The fourth-order valence-electron chi connectivity index (χ4n) is 4.56. The fraction of sp³-hybridized carbons (Fsp3) is 0.250. The highest BCUT2D eigenvalue weighted by molar-refractivity contribution is 6.00. The number of aromatic nitrogens is 2. The second kappa shape index (κ2) is 6.91. The van der Waals surface area contributed by atoms with E-state index in [4.69, 9.17) is 5.10 Å². The van der Waals surface area contributed by atoms with Gasteiger partial charge in [-0.1, -0.05) is 44.2 Å². The molecule has 1 aromatic heterocycles. The van der Waals surface area contributed by atoms with Gasteiger partial charge in [0.15, 0.2) is 5.78 Å². The second-order valence-electron chi connectivity index (χ2n) is 8.93. The number of nitro groups is 1. The van der Waals surface area contributed by atoms with Gasteiger partial charge in [-0.3, -0.25) is 14.9 Å². The van der Waals surface area contributed by atoms with E-state index in [0.717, 1.165) is 34.8 Å². The maximum absolute atomic E-state index is 13.2. The Balaban J connectivity index is 1.67. The number of Topliss-reactive ketones (excluding diaryl/α,β-unsaturated/α-hetero) is 1. The molecule has 1 aliphatic carbocycles. The largest absolute Gasteiger partial charge is 0.343 e. The van der Waals surface area contributed by atoms with Crippen molar-refractivity contribution in [3.63, 3.8) is 0 Å². The number of nitro benzene ring substituents is 1. The third-order valence-electron chi connectivity index (χ3n) is 5.94. The molecule has 5 rings (SSSR count). The summed E-state index contributed by atoms with van der Waals surface area (Å²) in [5.74, 6) is 0.899. The molecule has 2 heterocycles. The number of fused-ring (bicyclic) bond motifs is 1. The topological polar surface area (TPSA) is 90.1 Å². The maximum Gasteiger partial charge on any atom is 0.269 e. The number of carbonyl (C=O) groups excluding carboxylic acids is 1. The van der Waals surface area contributed by atoms with Crippen molar-refractivity contribution in [3.8, 4) is 11.3 Å². The van der Waals surface area contributed by atoms with Crippen molar-refractivity contribution in [3.05, 3.63) is 87.6 Å². The first-order valence-electron chi connectivity index (χ1n) is 10.2. The summed E-state index contributed by atoms with van der Waals surface area (Å²) < 4.78 is 1.83.